The van der Waals surface area contributed by atoms with Crippen molar-refractivity contribution in [2.75, 3.05) is 0 Å². The van der Waals surface area contributed by atoms with Gasteiger partial charge in [0, 0.05) is 22.4 Å². The summed E-state index contributed by atoms with van der Waals surface area (Å²) in [6.45, 7) is 0. The van der Waals surface area contributed by atoms with Gasteiger partial charge in [0.2, 0.25) is 0 Å². The van der Waals surface area contributed by atoms with E-state index in [1.165, 1.54) is 0 Å². The number of hydrogen-bond donors (Lipinski definition) is 0. The van der Waals surface area contributed by atoms with Crippen molar-refractivity contribution < 1.29 is 36.8 Å². The molecular weight excluding hydrogens is 317 g/mol. The SMILES string of the molecule is S.[Au].[S]=[Fe]. The molecule has 1 radical (unpaired) electrons. The van der Waals surface area contributed by atoms with E-state index >= 15 is 0 Å². The average molecular weight is 319 g/mol. The van der Waals surface area contributed by atoms with Gasteiger partial charge in [-0.05, 0) is 0 Å². The molecule has 0 saturated heterocycles. The molecule has 0 N–H and O–H groups in total. The van der Waals surface area contributed by atoms with Crippen LogP contribution in [0.1, 0.15) is 0 Å². The van der Waals surface area contributed by atoms with E-state index in [9.17, 15) is 0 Å². The van der Waals surface area contributed by atoms with Crippen LogP contribution in [0.5, 0.6) is 0 Å². The van der Waals surface area contributed by atoms with E-state index in [-0.39, 0.29) is 35.9 Å². The van der Waals surface area contributed by atoms with E-state index in [0.29, 0.717) is 0 Å². The van der Waals surface area contributed by atoms with Crippen LogP contribution in [0, 0.1) is 0 Å². The fourth-order valence-electron chi connectivity index (χ4n) is 0. The first-order valence-corrected chi connectivity index (χ1v) is 1.79. The van der Waals surface area contributed by atoms with Crippen LogP contribution in [0.3, 0.4) is 0 Å². The summed E-state index contributed by atoms with van der Waals surface area (Å²) in [5.74, 6) is 0. The molecule has 0 unspecified atom stereocenters. The summed E-state index contributed by atoms with van der Waals surface area (Å²) in [6.07, 6.45) is 0. The van der Waals surface area contributed by atoms with E-state index in [4.69, 9.17) is 0 Å². The van der Waals surface area contributed by atoms with Crippen LogP contribution in [-0.2, 0) is 36.8 Å². The normalized spacial score (nSPS) is 1.25. The van der Waals surface area contributed by atoms with Gasteiger partial charge in [-0.15, -0.1) is 0 Å². The molecule has 0 heterocycles. The molecule has 4 heteroatoms. The zero-order valence-corrected chi connectivity index (χ0v) is 6.65. The molecule has 0 saturated carbocycles. The van der Waals surface area contributed by atoms with E-state index in [0.717, 1.165) is 0 Å². The summed E-state index contributed by atoms with van der Waals surface area (Å²) < 4.78 is 0. The topological polar surface area (TPSA) is 0 Å². The molecule has 0 aliphatic heterocycles. The molecule has 0 aromatic heterocycles. The van der Waals surface area contributed by atoms with E-state index in [2.05, 4.69) is 24.9 Å². The molecule has 33 valence electrons. The summed E-state index contributed by atoms with van der Waals surface area (Å²) in [5.41, 5.74) is 0. The third kappa shape index (κ3) is 9.16. The summed E-state index contributed by atoms with van der Waals surface area (Å²) in [7, 11) is 3.83. The summed E-state index contributed by atoms with van der Waals surface area (Å²) >= 11 is 2.83. The zero-order valence-electron chi connectivity index (χ0n) is 1.56. The van der Waals surface area contributed by atoms with Crippen LogP contribution in [0.15, 0.2) is 0 Å². The Bertz CT molecular complexity index is 6.00. The predicted molar refractivity (Wildman–Crippen MR) is 18.0 cm³/mol. The Balaban J connectivity index is -0.00000000500. The second-order valence-corrected chi connectivity index (χ2v) is 0. The van der Waals surface area contributed by atoms with Gasteiger partial charge in [0.05, 0.1) is 0 Å². The first-order chi connectivity index (χ1) is 1.00. The molecule has 0 nitrogen and oxygen atoms in total. The van der Waals surface area contributed by atoms with Gasteiger partial charge in [0.25, 0.3) is 0 Å². The van der Waals surface area contributed by atoms with Crippen molar-refractivity contribution in [3.63, 3.8) is 0 Å². The molecule has 0 amide bonds. The Hall–Kier alpha value is 1.83. The maximum absolute atomic E-state index is 3.83. The van der Waals surface area contributed by atoms with Gasteiger partial charge in [0.15, 0.2) is 0 Å². The molecule has 0 rings (SSSR count). The summed E-state index contributed by atoms with van der Waals surface area (Å²) in [4.78, 5) is 0. The second-order valence-electron chi connectivity index (χ2n) is 0. The van der Waals surface area contributed by atoms with Gasteiger partial charge in [0.1, 0.15) is 0 Å². The fraction of sp³-hybridized carbons (Fsp3) is 0. The van der Waals surface area contributed by atoms with E-state index in [1.54, 1.807) is 0 Å². The van der Waals surface area contributed by atoms with Crippen molar-refractivity contribution in [1.82, 2.24) is 0 Å². The number of hydrogen-bond acceptors (Lipinski definition) is 1. The molecule has 0 spiro atoms. The van der Waals surface area contributed by atoms with Gasteiger partial charge in [-0.25, -0.2) is 0 Å². The molecule has 0 aromatic rings. The molecule has 0 aromatic carbocycles. The quantitative estimate of drug-likeness (QED) is 0.594. The minimum atomic E-state index is 0. The van der Waals surface area contributed by atoms with Gasteiger partial charge >= 0.3 is 24.9 Å². The summed E-state index contributed by atoms with van der Waals surface area (Å²) in [5, 5.41) is 0. The van der Waals surface area contributed by atoms with Crippen LogP contribution < -0.4 is 0 Å². The van der Waals surface area contributed by atoms with Crippen molar-refractivity contribution in [2.45, 2.75) is 0 Å². The standard InChI is InChI=1S/Au.Fe.H2S.S/h;;1H2;. The van der Waals surface area contributed by atoms with Crippen LogP contribution in [0.25, 0.3) is 0 Å². The molecule has 0 fully saturated rings. The predicted octanol–water partition coefficient (Wildman–Crippen LogP) is 0.756. The van der Waals surface area contributed by atoms with Crippen molar-refractivity contribution in [3.8, 4) is 0 Å². The summed E-state index contributed by atoms with van der Waals surface area (Å²) in [6, 6.07) is 0. The third-order valence-corrected chi connectivity index (χ3v) is 0. The van der Waals surface area contributed by atoms with Crippen molar-refractivity contribution in [2.24, 2.45) is 0 Å². The molecule has 0 bridgehead atoms. The monoisotopic (exact) mass is 319 g/mol. The van der Waals surface area contributed by atoms with Gasteiger partial charge in [-0.1, -0.05) is 0 Å². The zero-order chi connectivity index (χ0) is 2.00. The Kier molecular flexibility index (Phi) is 89.8. The van der Waals surface area contributed by atoms with Gasteiger partial charge < -0.3 is 0 Å². The van der Waals surface area contributed by atoms with Crippen molar-refractivity contribution in [3.05, 3.63) is 0 Å². The van der Waals surface area contributed by atoms with Gasteiger partial charge in [-0.2, -0.15) is 13.5 Å². The number of rotatable bonds is 0. The van der Waals surface area contributed by atoms with E-state index in [1.807, 2.05) is 0 Å². The molecular formula is H2AuFeS2. The van der Waals surface area contributed by atoms with E-state index < -0.39 is 0 Å². The first-order valence-electron chi connectivity index (χ1n) is 0.144. The average Bonchev–Trinajstić information content (AvgIpc) is 1.00. The third-order valence-electron chi connectivity index (χ3n) is 0. The fourth-order valence-corrected chi connectivity index (χ4v) is 0. The molecule has 0 atom stereocenters. The molecule has 0 aliphatic rings. The Labute approximate surface area is 60.4 Å². The first kappa shape index (κ1) is 17.0. The van der Waals surface area contributed by atoms with Gasteiger partial charge in [-0.3, -0.25) is 0 Å². The van der Waals surface area contributed by atoms with Crippen LogP contribution in [0.2, 0.25) is 0 Å². The van der Waals surface area contributed by atoms with Crippen LogP contribution >= 0.6 is 24.0 Å². The molecule has 4 heavy (non-hydrogen) atoms. The Morgan fingerprint density at radius 2 is 1.25 bits per heavy atom. The van der Waals surface area contributed by atoms with Crippen LogP contribution in [-0.4, -0.2) is 0 Å². The second kappa shape index (κ2) is 21.2. The maximum atomic E-state index is 3.83. The molecule has 0 aliphatic carbocycles. The van der Waals surface area contributed by atoms with Crippen LogP contribution in [0.4, 0.5) is 0 Å². The van der Waals surface area contributed by atoms with Crippen molar-refractivity contribution >= 4 is 24.0 Å². The Morgan fingerprint density at radius 1 is 1.25 bits per heavy atom. The Morgan fingerprint density at radius 3 is 1.25 bits per heavy atom. The minimum absolute atomic E-state index is 0. The van der Waals surface area contributed by atoms with Crippen molar-refractivity contribution in [1.29, 1.82) is 0 Å².